The van der Waals surface area contributed by atoms with Crippen LogP contribution in [0.1, 0.15) is 22.8 Å². The predicted octanol–water partition coefficient (Wildman–Crippen LogP) is 4.05. The molecule has 2 rings (SSSR count). The number of hydrogen-bond acceptors (Lipinski definition) is 3. The van der Waals surface area contributed by atoms with Crippen molar-refractivity contribution in [3.8, 4) is 0 Å². The Morgan fingerprint density at radius 2 is 1.87 bits per heavy atom. The van der Waals surface area contributed by atoms with Gasteiger partial charge in [0.2, 0.25) is 0 Å². The van der Waals surface area contributed by atoms with Crippen molar-refractivity contribution in [1.29, 1.82) is 0 Å². The third-order valence-corrected chi connectivity index (χ3v) is 5.23. The summed E-state index contributed by atoms with van der Waals surface area (Å²) in [5.41, 5.74) is 0.614. The van der Waals surface area contributed by atoms with Crippen LogP contribution in [-0.2, 0) is 16.4 Å². The van der Waals surface area contributed by atoms with Gasteiger partial charge in [0.25, 0.3) is 10.0 Å². The number of carbonyl (C=O) groups is 1. The van der Waals surface area contributed by atoms with Gasteiger partial charge in [-0.15, -0.1) is 0 Å². The molecule has 5 nitrogen and oxygen atoms in total. The molecule has 0 radical (unpaired) electrons. The average Bonchev–Trinajstić information content (AvgIpc) is 2.49. The van der Waals surface area contributed by atoms with Gasteiger partial charge in [0.05, 0.1) is 16.3 Å². The number of benzene rings is 2. The van der Waals surface area contributed by atoms with Crippen molar-refractivity contribution in [2.45, 2.75) is 18.2 Å². The molecule has 0 aliphatic heterocycles. The van der Waals surface area contributed by atoms with Crippen LogP contribution < -0.4 is 4.72 Å². The van der Waals surface area contributed by atoms with Gasteiger partial charge in [-0.3, -0.25) is 4.72 Å². The lowest BCUT2D eigenvalue weighted by atomic mass is 10.1. The van der Waals surface area contributed by atoms with Gasteiger partial charge < -0.3 is 5.11 Å². The van der Waals surface area contributed by atoms with Crippen LogP contribution in [0.5, 0.6) is 0 Å². The van der Waals surface area contributed by atoms with Gasteiger partial charge in [0, 0.05) is 5.02 Å². The minimum absolute atomic E-state index is 0.0102. The second kappa shape index (κ2) is 6.78. The molecule has 0 spiro atoms. The number of nitrogens with one attached hydrogen (secondary N) is 1. The van der Waals surface area contributed by atoms with E-state index in [0.717, 1.165) is 5.56 Å². The van der Waals surface area contributed by atoms with Crippen molar-refractivity contribution in [3.63, 3.8) is 0 Å². The molecule has 0 saturated heterocycles. The molecule has 122 valence electrons. The van der Waals surface area contributed by atoms with E-state index in [1.807, 2.05) is 6.92 Å². The summed E-state index contributed by atoms with van der Waals surface area (Å²) >= 11 is 11.7. The van der Waals surface area contributed by atoms with Crippen molar-refractivity contribution >= 4 is 44.9 Å². The molecule has 0 aromatic heterocycles. The second-order valence-electron chi connectivity index (χ2n) is 4.72. The van der Waals surface area contributed by atoms with Gasteiger partial charge in [-0.05, 0) is 42.3 Å². The summed E-state index contributed by atoms with van der Waals surface area (Å²) in [6, 6.07) is 8.52. The van der Waals surface area contributed by atoms with Crippen molar-refractivity contribution in [1.82, 2.24) is 0 Å². The lowest BCUT2D eigenvalue weighted by molar-refractivity contribution is 0.0698. The number of carboxylic acid groups (broad SMARTS) is 1. The highest BCUT2D eigenvalue weighted by atomic mass is 35.5. The molecular formula is C15H13Cl2NO4S. The molecule has 23 heavy (non-hydrogen) atoms. The van der Waals surface area contributed by atoms with Gasteiger partial charge in [0.1, 0.15) is 4.90 Å². The molecule has 0 saturated carbocycles. The molecule has 0 aliphatic rings. The van der Waals surface area contributed by atoms with Crippen LogP contribution in [0.15, 0.2) is 41.3 Å². The Kier molecular flexibility index (Phi) is 5.19. The van der Waals surface area contributed by atoms with E-state index in [1.165, 1.54) is 30.3 Å². The summed E-state index contributed by atoms with van der Waals surface area (Å²) in [5.74, 6) is -1.23. The molecule has 2 aromatic rings. The van der Waals surface area contributed by atoms with E-state index < -0.39 is 16.0 Å². The van der Waals surface area contributed by atoms with E-state index in [-0.39, 0.29) is 26.2 Å². The van der Waals surface area contributed by atoms with E-state index in [1.54, 1.807) is 6.07 Å². The van der Waals surface area contributed by atoms with Crippen LogP contribution in [0, 0.1) is 0 Å². The molecule has 8 heteroatoms. The van der Waals surface area contributed by atoms with E-state index in [2.05, 4.69) is 4.72 Å². The van der Waals surface area contributed by atoms with Crippen LogP contribution in [0.3, 0.4) is 0 Å². The first-order chi connectivity index (χ1) is 10.7. The predicted molar refractivity (Wildman–Crippen MR) is 90.0 cm³/mol. The van der Waals surface area contributed by atoms with E-state index in [9.17, 15) is 18.3 Å². The smallest absolute Gasteiger partial charge is 0.337 e. The minimum Gasteiger partial charge on any atom is -0.478 e. The quantitative estimate of drug-likeness (QED) is 0.827. The first kappa shape index (κ1) is 17.6. The number of sulfonamides is 1. The summed E-state index contributed by atoms with van der Waals surface area (Å²) in [6.45, 7) is 1.87. The second-order valence-corrected chi connectivity index (χ2v) is 7.21. The minimum atomic E-state index is -4.07. The third kappa shape index (κ3) is 3.96. The Morgan fingerprint density at radius 1 is 1.17 bits per heavy atom. The fourth-order valence-electron chi connectivity index (χ4n) is 1.96. The summed E-state index contributed by atoms with van der Waals surface area (Å²) in [4.78, 5) is 11.1. The van der Waals surface area contributed by atoms with Crippen LogP contribution in [0.4, 0.5) is 5.69 Å². The van der Waals surface area contributed by atoms with E-state index >= 15 is 0 Å². The van der Waals surface area contributed by atoms with Gasteiger partial charge in [0.15, 0.2) is 0 Å². The van der Waals surface area contributed by atoms with Crippen LogP contribution >= 0.6 is 23.2 Å². The average molecular weight is 374 g/mol. The number of aromatic carboxylic acids is 1. The first-order valence-corrected chi connectivity index (χ1v) is 8.82. The number of rotatable bonds is 5. The highest BCUT2D eigenvalue weighted by molar-refractivity contribution is 7.92. The van der Waals surface area contributed by atoms with Gasteiger partial charge >= 0.3 is 5.97 Å². The van der Waals surface area contributed by atoms with E-state index in [4.69, 9.17) is 23.2 Å². The maximum atomic E-state index is 12.5. The van der Waals surface area contributed by atoms with Crippen LogP contribution in [0.25, 0.3) is 0 Å². The van der Waals surface area contributed by atoms with Crippen molar-refractivity contribution in [3.05, 3.63) is 57.6 Å². The molecule has 2 aromatic carbocycles. The molecule has 0 aliphatic carbocycles. The van der Waals surface area contributed by atoms with Gasteiger partial charge in [-0.1, -0.05) is 36.2 Å². The molecule has 0 unspecified atom stereocenters. The summed E-state index contributed by atoms with van der Waals surface area (Å²) in [6.07, 6.45) is 0.632. The van der Waals surface area contributed by atoms with Gasteiger partial charge in [-0.2, -0.15) is 0 Å². The molecule has 0 fully saturated rings. The normalized spacial score (nSPS) is 11.3. The summed E-state index contributed by atoms with van der Waals surface area (Å²) in [7, 11) is -4.07. The standard InChI is InChI=1S/C15H13Cl2NO4S/c1-2-9-3-6-13(11(7-9)15(19)20)18-23(21,22)14-8-10(16)4-5-12(14)17/h3-8,18H,2H2,1H3,(H,19,20). The van der Waals surface area contributed by atoms with Crippen molar-refractivity contribution in [2.75, 3.05) is 4.72 Å². The zero-order chi connectivity index (χ0) is 17.2. The highest BCUT2D eigenvalue weighted by Gasteiger charge is 2.21. The Hall–Kier alpha value is -1.76. The lowest BCUT2D eigenvalue weighted by Gasteiger charge is -2.13. The van der Waals surface area contributed by atoms with Crippen molar-refractivity contribution < 1.29 is 18.3 Å². The largest absolute Gasteiger partial charge is 0.478 e. The van der Waals surface area contributed by atoms with Gasteiger partial charge in [-0.25, -0.2) is 13.2 Å². The molecule has 0 bridgehead atoms. The fraction of sp³-hybridized carbons (Fsp3) is 0.133. The molecule has 0 atom stereocenters. The molecule has 0 amide bonds. The zero-order valence-corrected chi connectivity index (χ0v) is 14.3. The van der Waals surface area contributed by atoms with Crippen LogP contribution in [-0.4, -0.2) is 19.5 Å². The summed E-state index contributed by atoms with van der Waals surface area (Å²) in [5, 5.41) is 9.46. The maximum Gasteiger partial charge on any atom is 0.337 e. The van der Waals surface area contributed by atoms with E-state index in [0.29, 0.717) is 6.42 Å². The maximum absolute atomic E-state index is 12.5. The van der Waals surface area contributed by atoms with Crippen molar-refractivity contribution in [2.24, 2.45) is 0 Å². The van der Waals surface area contributed by atoms with Crippen LogP contribution in [0.2, 0.25) is 10.0 Å². The highest BCUT2D eigenvalue weighted by Crippen LogP contribution is 2.28. The number of hydrogen-bond donors (Lipinski definition) is 2. The summed E-state index contributed by atoms with van der Waals surface area (Å²) < 4.78 is 27.2. The fourth-order valence-corrected chi connectivity index (χ4v) is 3.80. The molecule has 0 heterocycles. The monoisotopic (exact) mass is 373 g/mol. The topological polar surface area (TPSA) is 83.5 Å². The Labute approximate surface area is 143 Å². The number of aryl methyl sites for hydroxylation is 1. The Morgan fingerprint density at radius 3 is 2.48 bits per heavy atom. The molecular weight excluding hydrogens is 361 g/mol. The third-order valence-electron chi connectivity index (χ3n) is 3.15. The SMILES string of the molecule is CCc1ccc(NS(=O)(=O)c2cc(Cl)ccc2Cl)c(C(=O)O)c1. The lowest BCUT2D eigenvalue weighted by Crippen LogP contribution is -2.16. The zero-order valence-electron chi connectivity index (χ0n) is 12.0. The number of halogens is 2. The molecule has 2 N–H and O–H groups in total. The Balaban J connectivity index is 2.49. The number of anilines is 1. The number of carboxylic acids is 1. The Bertz CT molecular complexity index is 866. The first-order valence-electron chi connectivity index (χ1n) is 6.58.